The molecule has 7 heteroatoms. The maximum Gasteiger partial charge on any atom is 0.408 e. The second-order valence-electron chi connectivity index (χ2n) is 7.14. The molecule has 0 spiro atoms. The van der Waals surface area contributed by atoms with Crippen molar-refractivity contribution in [3.63, 3.8) is 0 Å². The Morgan fingerprint density at radius 3 is 2.42 bits per heavy atom. The molecule has 0 aliphatic rings. The van der Waals surface area contributed by atoms with Gasteiger partial charge in [-0.2, -0.15) is 5.06 Å². The number of nitrogens with one attached hydrogen (secondary N) is 1. The van der Waals surface area contributed by atoms with Crippen molar-refractivity contribution in [1.82, 2.24) is 10.4 Å². The third-order valence-corrected chi connectivity index (χ3v) is 3.50. The monoisotopic (exact) mass is 366 g/mol. The summed E-state index contributed by atoms with van der Waals surface area (Å²) in [6.07, 6.45) is 1.02. The lowest BCUT2D eigenvalue weighted by Gasteiger charge is -2.22. The van der Waals surface area contributed by atoms with E-state index in [2.05, 4.69) is 5.32 Å². The fourth-order valence-corrected chi connectivity index (χ4v) is 2.21. The van der Waals surface area contributed by atoms with Crippen LogP contribution in [0.3, 0.4) is 0 Å². The number of carboxylic acids is 1. The van der Waals surface area contributed by atoms with Crippen molar-refractivity contribution in [3.8, 4) is 0 Å². The lowest BCUT2D eigenvalue weighted by Crippen LogP contribution is -2.43. The van der Waals surface area contributed by atoms with Crippen LogP contribution in [-0.2, 0) is 21.0 Å². The van der Waals surface area contributed by atoms with Gasteiger partial charge in [0.05, 0.1) is 6.61 Å². The summed E-state index contributed by atoms with van der Waals surface area (Å²) in [7, 11) is 1.84. The molecule has 0 aliphatic heterocycles. The maximum absolute atomic E-state index is 11.7. The molecule has 1 aromatic carbocycles. The second-order valence-corrected chi connectivity index (χ2v) is 7.14. The van der Waals surface area contributed by atoms with Crippen molar-refractivity contribution in [1.29, 1.82) is 0 Å². The first kappa shape index (κ1) is 21.9. The summed E-state index contributed by atoms with van der Waals surface area (Å²) in [6, 6.07) is 8.91. The molecule has 0 heterocycles. The number of carbonyl (C=O) groups excluding carboxylic acids is 1. The third-order valence-electron chi connectivity index (χ3n) is 3.50. The van der Waals surface area contributed by atoms with Crippen LogP contribution in [0.5, 0.6) is 0 Å². The predicted octanol–water partition coefficient (Wildman–Crippen LogP) is 3.20. The van der Waals surface area contributed by atoms with Crippen LogP contribution in [0.4, 0.5) is 4.79 Å². The van der Waals surface area contributed by atoms with E-state index in [0.717, 1.165) is 12.0 Å². The Morgan fingerprint density at radius 2 is 1.85 bits per heavy atom. The van der Waals surface area contributed by atoms with E-state index in [1.807, 2.05) is 37.4 Å². The number of carbonyl (C=O) groups is 2. The summed E-state index contributed by atoms with van der Waals surface area (Å²) in [6.45, 7) is 6.36. The van der Waals surface area contributed by atoms with E-state index in [9.17, 15) is 14.7 Å². The van der Waals surface area contributed by atoms with Gasteiger partial charge in [0.25, 0.3) is 0 Å². The zero-order valence-electron chi connectivity index (χ0n) is 16.0. The number of ether oxygens (including phenoxy) is 1. The number of amides is 1. The van der Waals surface area contributed by atoms with Crippen LogP contribution in [0, 0.1) is 0 Å². The maximum atomic E-state index is 11.7. The number of alkyl carbamates (subject to hydrolysis) is 1. The van der Waals surface area contributed by atoms with Crippen molar-refractivity contribution in [2.24, 2.45) is 0 Å². The average molecular weight is 366 g/mol. The number of nitrogens with zero attached hydrogens (tertiary/aromatic N) is 1. The molecule has 0 fully saturated rings. The van der Waals surface area contributed by atoms with Crippen LogP contribution in [-0.4, -0.2) is 47.5 Å². The van der Waals surface area contributed by atoms with Gasteiger partial charge in [0.2, 0.25) is 0 Å². The molecule has 0 bridgehead atoms. The molecule has 1 amide bonds. The first-order chi connectivity index (χ1) is 12.2. The summed E-state index contributed by atoms with van der Waals surface area (Å²) in [5, 5.41) is 13.4. The number of carboxylic acid groups (broad SMARTS) is 1. The minimum atomic E-state index is -1.07. The van der Waals surface area contributed by atoms with Gasteiger partial charge >= 0.3 is 12.1 Å². The Bertz CT molecular complexity index is 557. The van der Waals surface area contributed by atoms with Crippen molar-refractivity contribution in [2.75, 3.05) is 13.6 Å². The van der Waals surface area contributed by atoms with Crippen LogP contribution >= 0.6 is 0 Å². The van der Waals surface area contributed by atoms with E-state index >= 15 is 0 Å². The van der Waals surface area contributed by atoms with Gasteiger partial charge in [-0.05, 0) is 45.6 Å². The first-order valence-corrected chi connectivity index (χ1v) is 8.77. The Labute approximate surface area is 155 Å². The smallest absolute Gasteiger partial charge is 0.408 e. The van der Waals surface area contributed by atoms with Gasteiger partial charge in [-0.1, -0.05) is 30.3 Å². The number of hydroxylamine groups is 2. The summed E-state index contributed by atoms with van der Waals surface area (Å²) >= 11 is 0. The lowest BCUT2D eigenvalue weighted by atomic mass is 10.1. The SMILES string of the molecule is CN(CCCC[C@H](NC(=O)OC(C)(C)C)C(=O)O)OCc1ccccc1. The van der Waals surface area contributed by atoms with E-state index in [-0.39, 0.29) is 0 Å². The third kappa shape index (κ3) is 10.0. The summed E-state index contributed by atoms with van der Waals surface area (Å²) in [5.74, 6) is -1.07. The molecule has 7 nitrogen and oxygen atoms in total. The average Bonchev–Trinajstić information content (AvgIpc) is 2.54. The van der Waals surface area contributed by atoms with Crippen molar-refractivity contribution < 1.29 is 24.3 Å². The number of benzene rings is 1. The van der Waals surface area contributed by atoms with E-state index in [1.165, 1.54) is 0 Å². The van der Waals surface area contributed by atoms with E-state index in [1.54, 1.807) is 25.8 Å². The summed E-state index contributed by atoms with van der Waals surface area (Å²) in [5.41, 5.74) is 0.429. The highest BCUT2D eigenvalue weighted by Gasteiger charge is 2.23. The molecule has 146 valence electrons. The van der Waals surface area contributed by atoms with Crippen molar-refractivity contribution in [3.05, 3.63) is 35.9 Å². The minimum absolute atomic E-state index is 0.334. The molecule has 0 aromatic heterocycles. The fraction of sp³-hybridized carbons (Fsp3) is 0.579. The molecule has 0 saturated carbocycles. The van der Waals surface area contributed by atoms with Crippen LogP contribution in [0.15, 0.2) is 30.3 Å². The van der Waals surface area contributed by atoms with Gasteiger partial charge in [0.1, 0.15) is 11.6 Å². The molecule has 1 aromatic rings. The number of hydrogen-bond donors (Lipinski definition) is 2. The highest BCUT2D eigenvalue weighted by molar-refractivity contribution is 5.79. The standard InChI is InChI=1S/C19H30N2O5/c1-19(2,3)26-18(24)20-16(17(22)23)12-8-9-13-21(4)25-14-15-10-6-5-7-11-15/h5-7,10-11,16H,8-9,12-14H2,1-4H3,(H,20,24)(H,22,23)/t16-/m0/s1. The highest BCUT2D eigenvalue weighted by atomic mass is 16.7. The lowest BCUT2D eigenvalue weighted by molar-refractivity contribution is -0.151. The molecule has 2 N–H and O–H groups in total. The molecule has 0 unspecified atom stereocenters. The van der Waals surface area contributed by atoms with Crippen molar-refractivity contribution in [2.45, 2.75) is 58.3 Å². The topological polar surface area (TPSA) is 88.1 Å². The zero-order chi connectivity index (χ0) is 19.6. The number of aliphatic carboxylic acids is 1. The van der Waals surface area contributed by atoms with Crippen LogP contribution in [0.1, 0.15) is 45.6 Å². The normalized spacial score (nSPS) is 12.7. The summed E-state index contributed by atoms with van der Waals surface area (Å²) < 4.78 is 5.10. The Kier molecular flexibility index (Phi) is 9.09. The molecule has 26 heavy (non-hydrogen) atoms. The van der Waals surface area contributed by atoms with Crippen LogP contribution in [0.2, 0.25) is 0 Å². The predicted molar refractivity (Wildman–Crippen MR) is 98.5 cm³/mol. The zero-order valence-corrected chi connectivity index (χ0v) is 16.0. The van der Waals surface area contributed by atoms with Gasteiger partial charge in [-0.25, -0.2) is 9.59 Å². The number of rotatable bonds is 10. The quantitative estimate of drug-likeness (QED) is 0.488. The molecule has 0 radical (unpaired) electrons. The van der Waals surface area contributed by atoms with Crippen molar-refractivity contribution >= 4 is 12.1 Å². The van der Waals surface area contributed by atoms with Gasteiger partial charge in [0, 0.05) is 13.6 Å². The fourth-order valence-electron chi connectivity index (χ4n) is 2.21. The Hall–Kier alpha value is -2.12. The van der Waals surface area contributed by atoms with Gasteiger partial charge < -0.3 is 15.2 Å². The van der Waals surface area contributed by atoms with Crippen LogP contribution < -0.4 is 5.32 Å². The van der Waals surface area contributed by atoms with Gasteiger partial charge in [-0.3, -0.25) is 4.84 Å². The molecule has 0 aliphatic carbocycles. The molecular formula is C19H30N2O5. The minimum Gasteiger partial charge on any atom is -0.480 e. The van der Waals surface area contributed by atoms with E-state index < -0.39 is 23.7 Å². The highest BCUT2D eigenvalue weighted by Crippen LogP contribution is 2.09. The van der Waals surface area contributed by atoms with E-state index in [4.69, 9.17) is 9.57 Å². The van der Waals surface area contributed by atoms with Gasteiger partial charge in [0.15, 0.2) is 0 Å². The van der Waals surface area contributed by atoms with Crippen LogP contribution in [0.25, 0.3) is 0 Å². The molecular weight excluding hydrogens is 336 g/mol. The first-order valence-electron chi connectivity index (χ1n) is 8.77. The van der Waals surface area contributed by atoms with E-state index in [0.29, 0.717) is 26.0 Å². The Balaban J connectivity index is 2.25. The largest absolute Gasteiger partial charge is 0.480 e. The Morgan fingerprint density at radius 1 is 1.19 bits per heavy atom. The summed E-state index contributed by atoms with van der Waals surface area (Å²) in [4.78, 5) is 28.6. The van der Waals surface area contributed by atoms with Gasteiger partial charge in [-0.15, -0.1) is 0 Å². The molecule has 1 atom stereocenters. The number of unbranched alkanes of at least 4 members (excludes halogenated alkanes) is 1. The molecule has 0 saturated heterocycles. The number of hydrogen-bond acceptors (Lipinski definition) is 5. The molecule has 1 rings (SSSR count). The second kappa shape index (κ2) is 10.8.